The third kappa shape index (κ3) is 3.76. The van der Waals surface area contributed by atoms with Gasteiger partial charge in [-0.2, -0.15) is 0 Å². The van der Waals surface area contributed by atoms with E-state index >= 15 is 0 Å². The Morgan fingerprint density at radius 2 is 2.18 bits per heavy atom. The second-order valence-corrected chi connectivity index (χ2v) is 3.48. The van der Waals surface area contributed by atoms with Crippen LogP contribution in [-0.2, 0) is 4.74 Å². The number of ether oxygens (including phenoxy) is 1. The van der Waals surface area contributed by atoms with Gasteiger partial charge in [-0.15, -0.1) is 0 Å². The summed E-state index contributed by atoms with van der Waals surface area (Å²) >= 11 is 0. The normalized spacial score (nSPS) is 25.4. The smallest absolute Gasteiger partial charge is 0.0575 e. The lowest BCUT2D eigenvalue weighted by molar-refractivity contribution is 0.00984. The Bertz CT molecular complexity index is 84.9. The largest absolute Gasteiger partial charge is 0.378 e. The van der Waals surface area contributed by atoms with E-state index < -0.39 is 0 Å². The minimum atomic E-state index is 0.607. The first-order valence-electron chi connectivity index (χ1n) is 5.05. The van der Waals surface area contributed by atoms with Crippen LogP contribution in [0.4, 0.5) is 0 Å². The first-order valence-corrected chi connectivity index (χ1v) is 5.05. The Balaban J connectivity index is 1.96. The minimum Gasteiger partial charge on any atom is -0.378 e. The molecule has 0 aromatic rings. The summed E-state index contributed by atoms with van der Waals surface area (Å²) in [4.78, 5) is 0. The molecule has 1 heteroatoms. The van der Waals surface area contributed by atoms with Gasteiger partial charge in [0.05, 0.1) is 6.10 Å². The van der Waals surface area contributed by atoms with Crippen LogP contribution in [0.3, 0.4) is 0 Å². The number of hydrogen-bond acceptors (Lipinski definition) is 1. The minimum absolute atomic E-state index is 0.607. The monoisotopic (exact) mass is 156 g/mol. The molecule has 0 aromatic heterocycles. The zero-order chi connectivity index (χ0) is 7.94. The number of rotatable bonds is 4. The zero-order valence-corrected chi connectivity index (χ0v) is 7.64. The highest BCUT2D eigenvalue weighted by molar-refractivity contribution is 4.63. The fourth-order valence-corrected chi connectivity index (χ4v) is 1.66. The Labute approximate surface area is 70.1 Å². The molecular weight excluding hydrogens is 136 g/mol. The highest BCUT2D eigenvalue weighted by atomic mass is 16.5. The van der Waals surface area contributed by atoms with Gasteiger partial charge in [0, 0.05) is 6.61 Å². The lowest BCUT2D eigenvalue weighted by Crippen LogP contribution is -2.18. The van der Waals surface area contributed by atoms with Crippen molar-refractivity contribution >= 4 is 0 Å². The van der Waals surface area contributed by atoms with Crippen LogP contribution in [-0.4, -0.2) is 12.7 Å². The third-order valence-electron chi connectivity index (χ3n) is 2.40. The Morgan fingerprint density at radius 1 is 1.27 bits per heavy atom. The van der Waals surface area contributed by atoms with Gasteiger partial charge in [-0.1, -0.05) is 26.2 Å². The van der Waals surface area contributed by atoms with Gasteiger partial charge in [0.1, 0.15) is 0 Å². The molecule has 66 valence electrons. The molecule has 0 bridgehead atoms. The van der Waals surface area contributed by atoms with Gasteiger partial charge in [0.25, 0.3) is 0 Å². The molecule has 0 aliphatic carbocycles. The second-order valence-electron chi connectivity index (χ2n) is 3.48. The van der Waals surface area contributed by atoms with E-state index in [1.807, 2.05) is 0 Å². The van der Waals surface area contributed by atoms with Crippen LogP contribution in [0.25, 0.3) is 0 Å². The van der Waals surface area contributed by atoms with E-state index in [1.54, 1.807) is 0 Å². The van der Waals surface area contributed by atoms with E-state index in [0.29, 0.717) is 6.10 Å². The average Bonchev–Trinajstić information content (AvgIpc) is 2.07. The molecule has 1 atom stereocenters. The van der Waals surface area contributed by atoms with Crippen molar-refractivity contribution in [2.75, 3.05) is 6.61 Å². The summed E-state index contributed by atoms with van der Waals surface area (Å²) in [5.41, 5.74) is 0. The van der Waals surface area contributed by atoms with Gasteiger partial charge in [0.2, 0.25) is 0 Å². The van der Waals surface area contributed by atoms with Crippen LogP contribution < -0.4 is 0 Å². The molecule has 1 heterocycles. The summed E-state index contributed by atoms with van der Waals surface area (Å²) in [6.07, 6.45) is 9.95. The van der Waals surface area contributed by atoms with Crippen molar-refractivity contribution < 1.29 is 4.74 Å². The quantitative estimate of drug-likeness (QED) is 0.568. The highest BCUT2D eigenvalue weighted by Crippen LogP contribution is 2.17. The Morgan fingerprint density at radius 3 is 2.82 bits per heavy atom. The first-order chi connectivity index (χ1) is 5.43. The lowest BCUT2D eigenvalue weighted by atomic mass is 10.0. The first kappa shape index (κ1) is 9.05. The van der Waals surface area contributed by atoms with Crippen molar-refractivity contribution in [2.24, 2.45) is 0 Å². The fourth-order valence-electron chi connectivity index (χ4n) is 1.66. The van der Waals surface area contributed by atoms with Crippen molar-refractivity contribution in [2.45, 2.75) is 58.0 Å². The second kappa shape index (κ2) is 5.59. The van der Waals surface area contributed by atoms with Gasteiger partial charge in [-0.05, 0) is 25.7 Å². The van der Waals surface area contributed by atoms with Crippen molar-refractivity contribution in [3.8, 4) is 0 Å². The van der Waals surface area contributed by atoms with Crippen LogP contribution >= 0.6 is 0 Å². The maximum absolute atomic E-state index is 5.62. The van der Waals surface area contributed by atoms with Crippen molar-refractivity contribution in [1.29, 1.82) is 0 Å². The molecule has 0 unspecified atom stereocenters. The molecule has 0 amide bonds. The van der Waals surface area contributed by atoms with Gasteiger partial charge in [-0.25, -0.2) is 0 Å². The Kier molecular flexibility index (Phi) is 4.60. The molecule has 0 aromatic carbocycles. The molecule has 0 N–H and O–H groups in total. The fraction of sp³-hybridized carbons (Fsp3) is 1.00. The molecule has 0 saturated carbocycles. The maximum Gasteiger partial charge on any atom is 0.0575 e. The van der Waals surface area contributed by atoms with Crippen molar-refractivity contribution in [3.63, 3.8) is 0 Å². The summed E-state index contributed by atoms with van der Waals surface area (Å²) in [5.74, 6) is 0. The highest BCUT2D eigenvalue weighted by Gasteiger charge is 2.12. The summed E-state index contributed by atoms with van der Waals surface area (Å²) in [6, 6.07) is 0. The van der Waals surface area contributed by atoms with Crippen LogP contribution in [0.5, 0.6) is 0 Å². The number of hydrogen-bond donors (Lipinski definition) is 0. The van der Waals surface area contributed by atoms with E-state index in [9.17, 15) is 0 Å². The molecule has 1 aliphatic rings. The van der Waals surface area contributed by atoms with Crippen LogP contribution in [0, 0.1) is 0 Å². The van der Waals surface area contributed by atoms with Crippen molar-refractivity contribution in [3.05, 3.63) is 0 Å². The Hall–Kier alpha value is -0.0400. The summed E-state index contributed by atoms with van der Waals surface area (Å²) < 4.78 is 5.62. The topological polar surface area (TPSA) is 9.23 Å². The summed E-state index contributed by atoms with van der Waals surface area (Å²) in [6.45, 7) is 3.26. The van der Waals surface area contributed by atoms with Crippen molar-refractivity contribution in [1.82, 2.24) is 0 Å². The standard InChI is InChI=1S/C10H20O/c1-2-3-4-7-10-8-5-6-9-11-10/h10H,2-9H2,1H3/t10-/m0/s1. The molecular formula is C10H20O. The molecule has 1 nitrogen and oxygen atoms in total. The molecule has 11 heavy (non-hydrogen) atoms. The molecule has 0 spiro atoms. The third-order valence-corrected chi connectivity index (χ3v) is 2.40. The van der Waals surface area contributed by atoms with Crippen LogP contribution in [0.1, 0.15) is 51.9 Å². The lowest BCUT2D eigenvalue weighted by Gasteiger charge is -2.22. The summed E-state index contributed by atoms with van der Waals surface area (Å²) in [5, 5.41) is 0. The average molecular weight is 156 g/mol. The molecule has 1 fully saturated rings. The molecule has 1 saturated heterocycles. The SMILES string of the molecule is CCCCC[C@H]1CCCCO1. The predicted molar refractivity (Wildman–Crippen MR) is 47.7 cm³/mol. The van der Waals surface area contributed by atoms with Gasteiger partial charge < -0.3 is 4.74 Å². The van der Waals surface area contributed by atoms with E-state index in [0.717, 1.165) is 6.61 Å². The van der Waals surface area contributed by atoms with Gasteiger partial charge in [-0.3, -0.25) is 0 Å². The molecule has 0 radical (unpaired) electrons. The van der Waals surface area contributed by atoms with Gasteiger partial charge in [0.15, 0.2) is 0 Å². The maximum atomic E-state index is 5.62. The van der Waals surface area contributed by atoms with E-state index in [2.05, 4.69) is 6.92 Å². The van der Waals surface area contributed by atoms with Crippen LogP contribution in [0.15, 0.2) is 0 Å². The molecule has 1 aliphatic heterocycles. The zero-order valence-electron chi connectivity index (χ0n) is 7.64. The van der Waals surface area contributed by atoms with Gasteiger partial charge >= 0.3 is 0 Å². The van der Waals surface area contributed by atoms with E-state index in [-0.39, 0.29) is 0 Å². The van der Waals surface area contributed by atoms with Crippen LogP contribution in [0.2, 0.25) is 0 Å². The summed E-state index contributed by atoms with van der Waals surface area (Å²) in [7, 11) is 0. The number of unbranched alkanes of at least 4 members (excludes halogenated alkanes) is 2. The van der Waals surface area contributed by atoms with E-state index in [4.69, 9.17) is 4.74 Å². The molecule has 1 rings (SSSR count). The predicted octanol–water partition coefficient (Wildman–Crippen LogP) is 3.14. The van der Waals surface area contributed by atoms with E-state index in [1.165, 1.54) is 44.9 Å².